The number of fused-ring (bicyclic) bond motifs is 1. The second-order valence-corrected chi connectivity index (χ2v) is 5.51. The second kappa shape index (κ2) is 7.79. The Morgan fingerprint density at radius 2 is 2.00 bits per heavy atom. The summed E-state index contributed by atoms with van der Waals surface area (Å²) in [6, 6.07) is 12.3. The zero-order chi connectivity index (χ0) is 16.8. The molecule has 0 aromatic heterocycles. The molecule has 1 aliphatic rings. The average molecular weight is 330 g/mol. The van der Waals surface area contributed by atoms with E-state index in [1.54, 1.807) is 0 Å². The molecule has 126 valence electrons. The van der Waals surface area contributed by atoms with Crippen molar-refractivity contribution in [2.24, 2.45) is 0 Å². The van der Waals surface area contributed by atoms with Crippen LogP contribution in [0.2, 0.25) is 0 Å². The molecule has 0 saturated carbocycles. The van der Waals surface area contributed by atoms with E-state index in [4.69, 9.17) is 9.47 Å². The molecule has 3 rings (SSSR count). The third kappa shape index (κ3) is 4.23. The number of nitrogens with one attached hydrogen (secondary N) is 2. The first-order chi connectivity index (χ1) is 11.7. The molecule has 2 aromatic carbocycles. The van der Waals surface area contributed by atoms with E-state index >= 15 is 0 Å². The van der Waals surface area contributed by atoms with Gasteiger partial charge in [0, 0.05) is 18.7 Å². The Morgan fingerprint density at radius 1 is 1.17 bits per heavy atom. The monoisotopic (exact) mass is 330 g/mol. The van der Waals surface area contributed by atoms with Gasteiger partial charge in [-0.25, -0.2) is 9.18 Å². The highest BCUT2D eigenvalue weighted by Gasteiger charge is 2.16. The first-order valence-corrected chi connectivity index (χ1v) is 7.80. The summed E-state index contributed by atoms with van der Waals surface area (Å²) in [6.07, 6.45) is 0.485. The Labute approximate surface area is 139 Å². The molecule has 5 nitrogen and oxygen atoms in total. The molecule has 6 heteroatoms. The second-order valence-electron chi connectivity index (χ2n) is 5.51. The van der Waals surface area contributed by atoms with Crippen LogP contribution >= 0.6 is 0 Å². The topological polar surface area (TPSA) is 59.6 Å². The van der Waals surface area contributed by atoms with E-state index in [0.29, 0.717) is 37.4 Å². The minimum atomic E-state index is -0.327. The van der Waals surface area contributed by atoms with Crippen molar-refractivity contribution in [2.45, 2.75) is 19.6 Å². The van der Waals surface area contributed by atoms with E-state index in [0.717, 1.165) is 11.1 Å². The van der Waals surface area contributed by atoms with Crippen LogP contribution < -0.4 is 15.4 Å². The van der Waals surface area contributed by atoms with Crippen LogP contribution in [0.15, 0.2) is 42.5 Å². The number of ether oxygens (including phenoxy) is 2. The third-order valence-corrected chi connectivity index (χ3v) is 3.73. The number of hydrogen-bond donors (Lipinski definition) is 2. The molecule has 0 bridgehead atoms. The summed E-state index contributed by atoms with van der Waals surface area (Å²) >= 11 is 0. The molecular weight excluding hydrogens is 311 g/mol. The number of halogens is 1. The predicted molar refractivity (Wildman–Crippen MR) is 87.1 cm³/mol. The van der Waals surface area contributed by atoms with Crippen molar-refractivity contribution in [1.82, 2.24) is 10.6 Å². The number of rotatable bonds is 5. The average Bonchev–Trinajstić information content (AvgIpc) is 2.60. The maximum atomic E-state index is 13.6. The van der Waals surface area contributed by atoms with Gasteiger partial charge in [-0.15, -0.1) is 0 Å². The fourth-order valence-electron chi connectivity index (χ4n) is 2.59. The number of urea groups is 1. The highest BCUT2D eigenvalue weighted by Crippen LogP contribution is 2.29. The molecule has 0 atom stereocenters. The summed E-state index contributed by atoms with van der Waals surface area (Å²) in [4.78, 5) is 11.8. The fourth-order valence-corrected chi connectivity index (χ4v) is 2.59. The standard InChI is InChI=1S/C18H19FN2O3/c19-16-8-14(17-15(9-16)11-23-12-24-17)6-7-20-18(22)21-10-13-4-2-1-3-5-13/h1-5,8-9H,6-7,10-12H2,(H2,20,21,22). The van der Waals surface area contributed by atoms with Crippen molar-refractivity contribution < 1.29 is 18.7 Å². The van der Waals surface area contributed by atoms with Crippen LogP contribution in [0.25, 0.3) is 0 Å². The zero-order valence-electron chi connectivity index (χ0n) is 13.2. The van der Waals surface area contributed by atoms with Crippen LogP contribution in [0.5, 0.6) is 5.75 Å². The fraction of sp³-hybridized carbons (Fsp3) is 0.278. The van der Waals surface area contributed by atoms with Gasteiger partial charge in [-0.05, 0) is 29.7 Å². The Kier molecular flexibility index (Phi) is 5.28. The molecule has 2 N–H and O–H groups in total. The van der Waals surface area contributed by atoms with Crippen molar-refractivity contribution in [3.63, 3.8) is 0 Å². The van der Waals surface area contributed by atoms with Gasteiger partial charge >= 0.3 is 6.03 Å². The number of carbonyl (C=O) groups is 1. The quantitative estimate of drug-likeness (QED) is 0.886. The number of benzene rings is 2. The summed E-state index contributed by atoms with van der Waals surface area (Å²) < 4.78 is 24.2. The van der Waals surface area contributed by atoms with E-state index in [-0.39, 0.29) is 18.6 Å². The SMILES string of the molecule is O=C(NCCc1cc(F)cc2c1OCOC2)NCc1ccccc1. The number of hydrogen-bond acceptors (Lipinski definition) is 3. The third-order valence-electron chi connectivity index (χ3n) is 3.73. The van der Waals surface area contributed by atoms with E-state index in [1.807, 2.05) is 30.3 Å². The largest absolute Gasteiger partial charge is 0.467 e. The molecule has 0 unspecified atom stereocenters. The molecule has 0 saturated heterocycles. The van der Waals surface area contributed by atoms with Crippen LogP contribution in [-0.4, -0.2) is 19.4 Å². The lowest BCUT2D eigenvalue weighted by atomic mass is 10.1. The van der Waals surface area contributed by atoms with Crippen LogP contribution in [0.1, 0.15) is 16.7 Å². The van der Waals surface area contributed by atoms with E-state index in [9.17, 15) is 9.18 Å². The Balaban J connectivity index is 1.49. The van der Waals surface area contributed by atoms with Gasteiger partial charge in [0.05, 0.1) is 6.61 Å². The highest BCUT2D eigenvalue weighted by atomic mass is 19.1. The lowest BCUT2D eigenvalue weighted by molar-refractivity contribution is -0.0172. The molecular formula is C18H19FN2O3. The highest BCUT2D eigenvalue weighted by molar-refractivity contribution is 5.73. The van der Waals surface area contributed by atoms with E-state index < -0.39 is 0 Å². The van der Waals surface area contributed by atoms with Gasteiger partial charge in [0.2, 0.25) is 0 Å². The van der Waals surface area contributed by atoms with E-state index in [1.165, 1.54) is 12.1 Å². The maximum Gasteiger partial charge on any atom is 0.315 e. The minimum Gasteiger partial charge on any atom is -0.467 e. The van der Waals surface area contributed by atoms with Gasteiger partial charge in [0.15, 0.2) is 6.79 Å². The molecule has 0 aliphatic carbocycles. The predicted octanol–water partition coefficient (Wildman–Crippen LogP) is 2.73. The lowest BCUT2D eigenvalue weighted by Gasteiger charge is -2.21. The van der Waals surface area contributed by atoms with Gasteiger partial charge in [0.25, 0.3) is 0 Å². The summed E-state index contributed by atoms with van der Waals surface area (Å²) in [7, 11) is 0. The van der Waals surface area contributed by atoms with Crippen molar-refractivity contribution >= 4 is 6.03 Å². The van der Waals surface area contributed by atoms with Crippen molar-refractivity contribution in [3.8, 4) is 5.75 Å². The summed E-state index contributed by atoms with van der Waals surface area (Å²) in [5, 5.41) is 5.55. The van der Waals surface area contributed by atoms with E-state index in [2.05, 4.69) is 10.6 Å². The Hall–Kier alpha value is -2.60. The summed E-state index contributed by atoms with van der Waals surface area (Å²) in [6.45, 7) is 1.35. The normalized spacial score (nSPS) is 12.9. The van der Waals surface area contributed by atoms with Crippen LogP contribution in [0.3, 0.4) is 0 Å². The van der Waals surface area contributed by atoms with Crippen molar-refractivity contribution in [2.75, 3.05) is 13.3 Å². The first kappa shape index (κ1) is 16.3. The zero-order valence-corrected chi connectivity index (χ0v) is 13.2. The Morgan fingerprint density at radius 3 is 2.83 bits per heavy atom. The van der Waals surface area contributed by atoms with Gasteiger partial charge in [-0.2, -0.15) is 0 Å². The van der Waals surface area contributed by atoms with Gasteiger partial charge in [-0.3, -0.25) is 0 Å². The maximum absolute atomic E-state index is 13.6. The van der Waals surface area contributed by atoms with Crippen LogP contribution in [0, 0.1) is 5.82 Å². The summed E-state index contributed by atoms with van der Waals surface area (Å²) in [5.41, 5.74) is 2.46. The first-order valence-electron chi connectivity index (χ1n) is 7.80. The molecule has 0 fully saturated rings. The number of amides is 2. The Bertz CT molecular complexity index is 707. The number of carbonyl (C=O) groups excluding carboxylic acids is 1. The molecule has 2 amide bonds. The molecule has 2 aromatic rings. The van der Waals surface area contributed by atoms with Crippen LogP contribution in [0.4, 0.5) is 9.18 Å². The van der Waals surface area contributed by atoms with Crippen LogP contribution in [-0.2, 0) is 24.3 Å². The van der Waals surface area contributed by atoms with Gasteiger partial charge < -0.3 is 20.1 Å². The van der Waals surface area contributed by atoms with Gasteiger partial charge in [-0.1, -0.05) is 30.3 Å². The smallest absolute Gasteiger partial charge is 0.315 e. The summed E-state index contributed by atoms with van der Waals surface area (Å²) in [5.74, 6) is 0.334. The lowest BCUT2D eigenvalue weighted by Crippen LogP contribution is -2.36. The molecule has 1 aliphatic heterocycles. The molecule has 1 heterocycles. The van der Waals surface area contributed by atoms with Crippen molar-refractivity contribution in [1.29, 1.82) is 0 Å². The van der Waals surface area contributed by atoms with Gasteiger partial charge in [0.1, 0.15) is 11.6 Å². The molecule has 0 spiro atoms. The van der Waals surface area contributed by atoms with Crippen molar-refractivity contribution in [3.05, 3.63) is 65.0 Å². The molecule has 0 radical (unpaired) electrons. The minimum absolute atomic E-state index is 0.163. The molecule has 24 heavy (non-hydrogen) atoms.